The van der Waals surface area contributed by atoms with Crippen LogP contribution in [-0.4, -0.2) is 31.1 Å². The molecule has 1 aromatic rings. The molecule has 23 heavy (non-hydrogen) atoms. The zero-order valence-corrected chi connectivity index (χ0v) is 12.9. The summed E-state index contributed by atoms with van der Waals surface area (Å²) >= 11 is 0. The van der Waals surface area contributed by atoms with Gasteiger partial charge in [0.1, 0.15) is 24.1 Å². The molecule has 120 valence electrons. The number of hydrogen-bond acceptors (Lipinski definition) is 5. The van der Waals surface area contributed by atoms with E-state index in [1.807, 2.05) is 30.3 Å². The van der Waals surface area contributed by atoms with E-state index in [1.165, 1.54) is 0 Å². The Morgan fingerprint density at radius 2 is 1.83 bits per heavy atom. The van der Waals surface area contributed by atoms with Crippen LogP contribution < -0.4 is 0 Å². The van der Waals surface area contributed by atoms with Gasteiger partial charge in [0.15, 0.2) is 5.78 Å². The highest BCUT2D eigenvalue weighted by Crippen LogP contribution is 2.46. The Morgan fingerprint density at radius 1 is 1.04 bits per heavy atom. The Labute approximate surface area is 134 Å². The predicted octanol–water partition coefficient (Wildman–Crippen LogP) is 2.32. The van der Waals surface area contributed by atoms with Crippen molar-refractivity contribution in [1.82, 2.24) is 0 Å². The molecule has 2 heterocycles. The molecule has 0 amide bonds. The van der Waals surface area contributed by atoms with Crippen LogP contribution in [0.2, 0.25) is 0 Å². The van der Waals surface area contributed by atoms with Gasteiger partial charge in [-0.05, 0) is 5.56 Å². The number of methoxy groups -OCH3 is 1. The molecule has 0 radical (unpaired) electrons. The van der Waals surface area contributed by atoms with Crippen LogP contribution in [0.1, 0.15) is 30.9 Å². The monoisotopic (exact) mass is 314 g/mol. The van der Waals surface area contributed by atoms with Crippen molar-refractivity contribution in [1.29, 1.82) is 0 Å². The lowest BCUT2D eigenvalue weighted by atomic mass is 9.77. The Kier molecular flexibility index (Phi) is 3.45. The number of carbonyl (C=O) groups is 2. The molecule has 1 fully saturated rings. The van der Waals surface area contributed by atoms with Crippen molar-refractivity contribution in [2.45, 2.75) is 37.6 Å². The van der Waals surface area contributed by atoms with Crippen molar-refractivity contribution < 1.29 is 23.8 Å². The van der Waals surface area contributed by atoms with Crippen LogP contribution in [0.15, 0.2) is 41.7 Å². The summed E-state index contributed by atoms with van der Waals surface area (Å²) in [5.41, 5.74) is 1.63. The van der Waals surface area contributed by atoms with Gasteiger partial charge in [-0.25, -0.2) is 0 Å². The highest BCUT2D eigenvalue weighted by molar-refractivity contribution is 5.98. The normalized spacial score (nSPS) is 32.9. The van der Waals surface area contributed by atoms with Crippen LogP contribution in [0.5, 0.6) is 0 Å². The number of ether oxygens (including phenoxy) is 3. The largest absolute Gasteiger partial charge is 0.489 e. The molecule has 5 heteroatoms. The molecule has 2 aliphatic heterocycles. The molecule has 1 aliphatic carbocycles. The maximum absolute atomic E-state index is 12.7. The first kappa shape index (κ1) is 14.5. The lowest BCUT2D eigenvalue weighted by Gasteiger charge is -2.38. The van der Waals surface area contributed by atoms with E-state index in [4.69, 9.17) is 14.2 Å². The van der Waals surface area contributed by atoms with Crippen LogP contribution in [0, 0.1) is 5.92 Å². The number of benzene rings is 1. The third kappa shape index (κ3) is 2.36. The summed E-state index contributed by atoms with van der Waals surface area (Å²) in [6.45, 7) is 0. The van der Waals surface area contributed by atoms with Crippen molar-refractivity contribution in [3.63, 3.8) is 0 Å². The fourth-order valence-corrected chi connectivity index (χ4v) is 3.83. The van der Waals surface area contributed by atoms with Crippen LogP contribution in [0.25, 0.3) is 0 Å². The molecule has 1 aromatic carbocycles. The van der Waals surface area contributed by atoms with Gasteiger partial charge >= 0.3 is 5.97 Å². The van der Waals surface area contributed by atoms with Gasteiger partial charge in [-0.1, -0.05) is 30.3 Å². The first-order chi connectivity index (χ1) is 11.2. The SMILES string of the molecule is CO[C@@H]1CC2=C(C(=O)C[C@@H](c3ccccc3)O2)[C@H]2CC(=O)O[C@H]21. The summed E-state index contributed by atoms with van der Waals surface area (Å²) in [5, 5.41) is 0. The number of ketones is 1. The second-order valence-electron chi connectivity index (χ2n) is 6.22. The van der Waals surface area contributed by atoms with Crippen molar-refractivity contribution in [3.8, 4) is 0 Å². The minimum absolute atomic E-state index is 0.0583. The third-order valence-corrected chi connectivity index (χ3v) is 4.90. The molecule has 0 bridgehead atoms. The molecule has 3 aliphatic rings. The lowest BCUT2D eigenvalue weighted by Crippen LogP contribution is -2.42. The predicted molar refractivity (Wildman–Crippen MR) is 80.3 cm³/mol. The molecule has 0 saturated carbocycles. The molecule has 0 N–H and O–H groups in total. The first-order valence-electron chi connectivity index (χ1n) is 7.87. The van der Waals surface area contributed by atoms with Gasteiger partial charge in [-0.2, -0.15) is 0 Å². The molecule has 0 unspecified atom stereocenters. The average molecular weight is 314 g/mol. The summed E-state index contributed by atoms with van der Waals surface area (Å²) in [4.78, 5) is 24.4. The fraction of sp³-hybridized carbons (Fsp3) is 0.444. The molecule has 1 saturated heterocycles. The molecule has 0 spiro atoms. The van der Waals surface area contributed by atoms with Crippen LogP contribution in [0.4, 0.5) is 0 Å². The van der Waals surface area contributed by atoms with E-state index < -0.39 is 0 Å². The second-order valence-corrected chi connectivity index (χ2v) is 6.22. The van der Waals surface area contributed by atoms with Gasteiger partial charge in [0.05, 0.1) is 12.8 Å². The highest BCUT2D eigenvalue weighted by atomic mass is 16.6. The van der Waals surface area contributed by atoms with E-state index in [-0.39, 0.29) is 42.4 Å². The summed E-state index contributed by atoms with van der Waals surface area (Å²) in [7, 11) is 1.60. The van der Waals surface area contributed by atoms with Gasteiger partial charge < -0.3 is 14.2 Å². The zero-order chi connectivity index (χ0) is 16.0. The minimum atomic E-state index is -0.368. The summed E-state index contributed by atoms with van der Waals surface area (Å²) in [6, 6.07) is 9.74. The molecular weight excluding hydrogens is 296 g/mol. The van der Waals surface area contributed by atoms with E-state index in [9.17, 15) is 9.59 Å². The van der Waals surface area contributed by atoms with Gasteiger partial charge in [0.2, 0.25) is 0 Å². The first-order valence-corrected chi connectivity index (χ1v) is 7.87. The van der Waals surface area contributed by atoms with Crippen molar-refractivity contribution in [2.75, 3.05) is 7.11 Å². The topological polar surface area (TPSA) is 61.8 Å². The lowest BCUT2D eigenvalue weighted by molar-refractivity contribution is -0.148. The Morgan fingerprint density at radius 3 is 2.57 bits per heavy atom. The zero-order valence-electron chi connectivity index (χ0n) is 12.9. The number of hydrogen-bond donors (Lipinski definition) is 0. The van der Waals surface area contributed by atoms with Crippen molar-refractivity contribution in [2.24, 2.45) is 5.92 Å². The maximum atomic E-state index is 12.7. The van der Waals surface area contributed by atoms with Crippen LogP contribution in [-0.2, 0) is 23.8 Å². The average Bonchev–Trinajstić information content (AvgIpc) is 2.95. The minimum Gasteiger partial charge on any atom is -0.489 e. The summed E-state index contributed by atoms with van der Waals surface area (Å²) in [6.07, 6.45) is 0.107. The van der Waals surface area contributed by atoms with E-state index >= 15 is 0 Å². The number of rotatable bonds is 2. The van der Waals surface area contributed by atoms with Crippen LogP contribution >= 0.6 is 0 Å². The van der Waals surface area contributed by atoms with E-state index in [2.05, 4.69) is 0 Å². The third-order valence-electron chi connectivity index (χ3n) is 4.90. The van der Waals surface area contributed by atoms with Crippen molar-refractivity contribution in [3.05, 3.63) is 47.2 Å². The second kappa shape index (κ2) is 5.49. The maximum Gasteiger partial charge on any atom is 0.306 e. The van der Waals surface area contributed by atoms with Gasteiger partial charge in [0.25, 0.3) is 0 Å². The Balaban J connectivity index is 1.69. The number of fused-ring (bicyclic) bond motifs is 2. The Bertz CT molecular complexity index is 678. The van der Waals surface area contributed by atoms with Gasteiger partial charge in [0, 0.05) is 25.0 Å². The Hall–Kier alpha value is -2.14. The van der Waals surface area contributed by atoms with Gasteiger partial charge in [-0.15, -0.1) is 0 Å². The molecular formula is C18H18O5. The van der Waals surface area contributed by atoms with E-state index in [0.29, 0.717) is 24.2 Å². The van der Waals surface area contributed by atoms with E-state index in [0.717, 1.165) is 5.56 Å². The quantitative estimate of drug-likeness (QED) is 0.784. The molecule has 0 aromatic heterocycles. The van der Waals surface area contributed by atoms with Gasteiger partial charge in [-0.3, -0.25) is 9.59 Å². The number of esters is 1. The summed E-state index contributed by atoms with van der Waals surface area (Å²) < 4.78 is 17.0. The standard InChI is InChI=1S/C18H18O5/c1-21-15-9-14-17(11-7-16(20)23-18(11)15)12(19)8-13(22-14)10-5-3-2-4-6-10/h2-6,11,13,15,18H,7-9H2,1H3/t11-,13+,15-,18-/m1/s1. The highest BCUT2D eigenvalue weighted by Gasteiger charge is 2.51. The molecule has 5 nitrogen and oxygen atoms in total. The molecule has 4 rings (SSSR count). The smallest absolute Gasteiger partial charge is 0.306 e. The van der Waals surface area contributed by atoms with Crippen LogP contribution in [0.3, 0.4) is 0 Å². The summed E-state index contributed by atoms with van der Waals surface area (Å²) in [5.74, 6) is 0.221. The number of carbonyl (C=O) groups excluding carboxylic acids is 2. The van der Waals surface area contributed by atoms with E-state index in [1.54, 1.807) is 7.11 Å². The molecule has 4 atom stereocenters. The van der Waals surface area contributed by atoms with Crippen molar-refractivity contribution >= 4 is 11.8 Å². The number of Topliss-reactive ketones (excluding diaryl/α,β-unsaturated/α-hetero) is 1. The fourth-order valence-electron chi connectivity index (χ4n) is 3.83.